The molecule has 0 radical (unpaired) electrons. The number of anilines is 1. The van der Waals surface area contributed by atoms with E-state index in [1.165, 1.54) is 9.21 Å². The molecule has 0 aliphatic heterocycles. The van der Waals surface area contributed by atoms with Crippen LogP contribution in [0.3, 0.4) is 0 Å². The van der Waals surface area contributed by atoms with Crippen molar-refractivity contribution < 1.29 is 13.2 Å². The van der Waals surface area contributed by atoms with Crippen molar-refractivity contribution in [1.29, 1.82) is 0 Å². The topological polar surface area (TPSA) is 70.6 Å². The molecule has 1 amide bonds. The van der Waals surface area contributed by atoms with Crippen molar-refractivity contribution in [2.24, 2.45) is 0 Å². The van der Waals surface area contributed by atoms with Crippen molar-refractivity contribution >= 4 is 21.6 Å². The Balaban J connectivity index is 2.01. The molecule has 2 aromatic rings. The number of hydrogen-bond acceptors (Lipinski definition) is 4. The smallest absolute Gasteiger partial charge is 0.228 e. The summed E-state index contributed by atoms with van der Waals surface area (Å²) in [6.07, 6.45) is 2.86. The van der Waals surface area contributed by atoms with Gasteiger partial charge in [-0.1, -0.05) is 24.3 Å². The van der Waals surface area contributed by atoms with E-state index in [2.05, 4.69) is 4.98 Å². The number of hydrogen-bond donors (Lipinski definition) is 0. The van der Waals surface area contributed by atoms with Crippen LogP contribution in [0.4, 0.5) is 5.69 Å². The maximum atomic E-state index is 12.3. The Labute approximate surface area is 142 Å². The van der Waals surface area contributed by atoms with Crippen LogP contribution in [0.5, 0.6) is 0 Å². The van der Waals surface area contributed by atoms with E-state index in [1.54, 1.807) is 31.4 Å². The van der Waals surface area contributed by atoms with Gasteiger partial charge in [0.25, 0.3) is 0 Å². The van der Waals surface area contributed by atoms with Crippen molar-refractivity contribution in [2.45, 2.75) is 13.0 Å². The van der Waals surface area contributed by atoms with E-state index in [0.29, 0.717) is 5.69 Å². The lowest BCUT2D eigenvalue weighted by Gasteiger charge is -2.22. The lowest BCUT2D eigenvalue weighted by molar-refractivity contribution is -0.118. The number of nitrogens with zero attached hydrogens (tertiary/aromatic N) is 3. The van der Waals surface area contributed by atoms with Gasteiger partial charge in [-0.25, -0.2) is 8.42 Å². The summed E-state index contributed by atoms with van der Waals surface area (Å²) >= 11 is 0. The maximum absolute atomic E-state index is 12.3. The maximum Gasteiger partial charge on any atom is 0.228 e. The van der Waals surface area contributed by atoms with Crippen molar-refractivity contribution in [1.82, 2.24) is 9.29 Å². The van der Waals surface area contributed by atoms with Gasteiger partial charge in [0.05, 0.1) is 18.5 Å². The normalized spacial score (nSPS) is 11.5. The fraction of sp³-hybridized carbons (Fsp3) is 0.294. The lowest BCUT2D eigenvalue weighted by Crippen LogP contribution is -2.35. The van der Waals surface area contributed by atoms with Gasteiger partial charge in [-0.3, -0.25) is 9.78 Å². The van der Waals surface area contributed by atoms with Crippen molar-refractivity contribution in [3.8, 4) is 0 Å². The summed E-state index contributed by atoms with van der Waals surface area (Å²) in [6, 6.07) is 14.6. The van der Waals surface area contributed by atoms with Gasteiger partial charge in [0.15, 0.2) is 0 Å². The number of carbonyl (C=O) groups excluding carboxylic acids is 1. The molecule has 128 valence electrons. The van der Waals surface area contributed by atoms with Gasteiger partial charge in [0, 0.05) is 31.9 Å². The predicted octanol–water partition coefficient (Wildman–Crippen LogP) is 1.90. The highest BCUT2D eigenvalue weighted by molar-refractivity contribution is 7.88. The number of pyridine rings is 1. The third-order valence-corrected chi connectivity index (χ3v) is 4.88. The van der Waals surface area contributed by atoms with E-state index in [0.717, 1.165) is 11.9 Å². The second-order valence-corrected chi connectivity index (χ2v) is 7.44. The van der Waals surface area contributed by atoms with Crippen LogP contribution in [-0.2, 0) is 21.4 Å². The quantitative estimate of drug-likeness (QED) is 0.767. The van der Waals surface area contributed by atoms with E-state index < -0.39 is 10.0 Å². The molecule has 0 atom stereocenters. The standard InChI is InChI=1S/C17H21N3O3S/c1-19(16-9-4-3-5-10-16)17(21)11-13-20(24(2,22)23)14-15-8-6-7-12-18-15/h3-10,12H,11,13-14H2,1-2H3. The Morgan fingerprint density at radius 2 is 1.75 bits per heavy atom. The average Bonchev–Trinajstić information content (AvgIpc) is 2.58. The number of carbonyl (C=O) groups is 1. The molecule has 0 saturated heterocycles. The number of para-hydroxylation sites is 1. The minimum Gasteiger partial charge on any atom is -0.315 e. The number of amides is 1. The Kier molecular flexibility index (Phi) is 6.05. The van der Waals surface area contributed by atoms with Crippen LogP contribution < -0.4 is 4.90 Å². The van der Waals surface area contributed by atoms with Crippen LogP contribution >= 0.6 is 0 Å². The summed E-state index contributed by atoms with van der Waals surface area (Å²) in [6.45, 7) is 0.271. The van der Waals surface area contributed by atoms with Crippen LogP contribution in [-0.4, -0.2) is 43.5 Å². The van der Waals surface area contributed by atoms with Crippen LogP contribution in [0.2, 0.25) is 0 Å². The van der Waals surface area contributed by atoms with E-state index in [-0.39, 0.29) is 25.4 Å². The molecule has 1 aromatic heterocycles. The van der Waals surface area contributed by atoms with Gasteiger partial charge in [-0.05, 0) is 24.3 Å². The molecular weight excluding hydrogens is 326 g/mol. The summed E-state index contributed by atoms with van der Waals surface area (Å²) in [5.74, 6) is -0.143. The SMILES string of the molecule is CN(C(=O)CCN(Cc1ccccn1)S(C)(=O)=O)c1ccccc1. The van der Waals surface area contributed by atoms with Crippen LogP contribution in [0, 0.1) is 0 Å². The van der Waals surface area contributed by atoms with Gasteiger partial charge >= 0.3 is 0 Å². The second kappa shape index (κ2) is 8.03. The Hall–Kier alpha value is -2.25. The molecule has 0 saturated carbocycles. The minimum absolute atomic E-state index is 0.102. The average molecular weight is 347 g/mol. The Morgan fingerprint density at radius 3 is 2.33 bits per heavy atom. The highest BCUT2D eigenvalue weighted by Gasteiger charge is 2.20. The zero-order valence-electron chi connectivity index (χ0n) is 13.8. The molecule has 1 aromatic carbocycles. The Bertz CT molecular complexity index is 764. The number of rotatable bonds is 7. The predicted molar refractivity (Wildman–Crippen MR) is 94.0 cm³/mol. The van der Waals surface area contributed by atoms with Gasteiger partial charge < -0.3 is 4.90 Å². The highest BCUT2D eigenvalue weighted by Crippen LogP contribution is 2.13. The molecule has 1 heterocycles. The molecule has 7 heteroatoms. The summed E-state index contributed by atoms with van der Waals surface area (Å²) in [4.78, 5) is 18.0. The van der Waals surface area contributed by atoms with Gasteiger partial charge in [-0.2, -0.15) is 4.31 Å². The molecule has 24 heavy (non-hydrogen) atoms. The third kappa shape index (κ3) is 5.14. The van der Waals surface area contributed by atoms with Crippen LogP contribution in [0.1, 0.15) is 12.1 Å². The zero-order chi connectivity index (χ0) is 17.6. The monoisotopic (exact) mass is 347 g/mol. The molecule has 0 aliphatic rings. The first-order valence-electron chi connectivity index (χ1n) is 7.54. The van der Waals surface area contributed by atoms with E-state index in [1.807, 2.05) is 30.3 Å². The molecule has 2 rings (SSSR count). The molecular formula is C17H21N3O3S. The Morgan fingerprint density at radius 1 is 1.08 bits per heavy atom. The first kappa shape index (κ1) is 18.1. The summed E-state index contributed by atoms with van der Waals surface area (Å²) in [5, 5.41) is 0. The summed E-state index contributed by atoms with van der Waals surface area (Å²) < 4.78 is 25.2. The van der Waals surface area contributed by atoms with Gasteiger partial charge in [0.1, 0.15) is 0 Å². The summed E-state index contributed by atoms with van der Waals surface area (Å²) in [5.41, 5.74) is 1.42. The number of benzene rings is 1. The lowest BCUT2D eigenvalue weighted by atomic mass is 10.2. The second-order valence-electron chi connectivity index (χ2n) is 5.46. The fourth-order valence-corrected chi connectivity index (χ4v) is 3.01. The molecule has 6 nitrogen and oxygen atoms in total. The first-order chi connectivity index (χ1) is 11.4. The zero-order valence-corrected chi connectivity index (χ0v) is 14.6. The molecule has 0 spiro atoms. The first-order valence-corrected chi connectivity index (χ1v) is 9.39. The summed E-state index contributed by atoms with van der Waals surface area (Å²) in [7, 11) is -1.74. The van der Waals surface area contributed by atoms with E-state index in [9.17, 15) is 13.2 Å². The van der Waals surface area contributed by atoms with Crippen molar-refractivity contribution in [2.75, 3.05) is 24.7 Å². The minimum atomic E-state index is -3.43. The highest BCUT2D eigenvalue weighted by atomic mass is 32.2. The molecule has 0 bridgehead atoms. The largest absolute Gasteiger partial charge is 0.315 e. The molecule has 0 fully saturated rings. The van der Waals surface area contributed by atoms with Crippen molar-refractivity contribution in [3.05, 3.63) is 60.4 Å². The molecule has 0 aliphatic carbocycles. The molecule has 0 unspecified atom stereocenters. The van der Waals surface area contributed by atoms with E-state index in [4.69, 9.17) is 0 Å². The number of sulfonamides is 1. The number of aromatic nitrogens is 1. The van der Waals surface area contributed by atoms with Gasteiger partial charge in [-0.15, -0.1) is 0 Å². The van der Waals surface area contributed by atoms with Gasteiger partial charge in [0.2, 0.25) is 15.9 Å². The van der Waals surface area contributed by atoms with Crippen LogP contribution in [0.15, 0.2) is 54.7 Å². The third-order valence-electron chi connectivity index (χ3n) is 3.63. The van der Waals surface area contributed by atoms with Crippen LogP contribution in [0.25, 0.3) is 0 Å². The molecule has 0 N–H and O–H groups in total. The van der Waals surface area contributed by atoms with E-state index >= 15 is 0 Å². The fourth-order valence-electron chi connectivity index (χ4n) is 2.22. The van der Waals surface area contributed by atoms with Crippen molar-refractivity contribution in [3.63, 3.8) is 0 Å².